The monoisotopic (exact) mass is 532 g/mol. The van der Waals surface area contributed by atoms with E-state index < -0.39 is 29.6 Å². The summed E-state index contributed by atoms with van der Waals surface area (Å²) in [6.07, 6.45) is 4.91. The molecule has 38 heavy (non-hydrogen) atoms. The number of hydrogen-bond donors (Lipinski definition) is 1. The molecular formula is C28H35F3N4O3. The summed E-state index contributed by atoms with van der Waals surface area (Å²) in [6.45, 7) is 5.15. The Morgan fingerprint density at radius 2 is 1.76 bits per heavy atom. The number of nitrogens with zero attached hydrogens (tertiary/aromatic N) is 3. The van der Waals surface area contributed by atoms with Crippen LogP contribution >= 0.6 is 0 Å². The first-order valence-corrected chi connectivity index (χ1v) is 13.3. The first-order chi connectivity index (χ1) is 17.9. The number of ether oxygens (including phenoxy) is 1. The summed E-state index contributed by atoms with van der Waals surface area (Å²) >= 11 is 0. The maximum absolute atomic E-state index is 13.0. The fraction of sp³-hybridized carbons (Fsp3) is 0.607. The van der Waals surface area contributed by atoms with Gasteiger partial charge in [0.15, 0.2) is 0 Å². The van der Waals surface area contributed by atoms with Crippen molar-refractivity contribution in [1.29, 1.82) is 0 Å². The lowest BCUT2D eigenvalue weighted by molar-refractivity contribution is -0.155. The van der Waals surface area contributed by atoms with Crippen LogP contribution in [0.4, 0.5) is 13.2 Å². The van der Waals surface area contributed by atoms with E-state index in [1.54, 1.807) is 20.8 Å². The van der Waals surface area contributed by atoms with Crippen molar-refractivity contribution >= 4 is 11.9 Å². The summed E-state index contributed by atoms with van der Waals surface area (Å²) < 4.78 is 44.0. The van der Waals surface area contributed by atoms with E-state index in [9.17, 15) is 22.8 Å². The van der Waals surface area contributed by atoms with Crippen LogP contribution in [0.5, 0.6) is 0 Å². The van der Waals surface area contributed by atoms with Gasteiger partial charge in [0, 0.05) is 35.3 Å². The summed E-state index contributed by atoms with van der Waals surface area (Å²) in [5, 5.41) is 2.83. The third-order valence-corrected chi connectivity index (χ3v) is 7.09. The highest BCUT2D eigenvalue weighted by Crippen LogP contribution is 2.38. The highest BCUT2D eigenvalue weighted by molar-refractivity contribution is 5.81. The Morgan fingerprint density at radius 1 is 1.08 bits per heavy atom. The van der Waals surface area contributed by atoms with Gasteiger partial charge in [0.1, 0.15) is 5.60 Å². The Hall–Kier alpha value is -3.04. The molecule has 1 saturated carbocycles. The number of alkyl halides is 3. The zero-order valence-electron chi connectivity index (χ0n) is 22.1. The molecule has 1 N–H and O–H groups in total. The Kier molecular flexibility index (Phi) is 8.37. The fourth-order valence-corrected chi connectivity index (χ4v) is 5.06. The van der Waals surface area contributed by atoms with Crippen molar-refractivity contribution in [3.63, 3.8) is 0 Å². The first-order valence-electron chi connectivity index (χ1n) is 13.3. The van der Waals surface area contributed by atoms with Gasteiger partial charge >= 0.3 is 12.1 Å². The molecule has 1 atom stereocenters. The summed E-state index contributed by atoms with van der Waals surface area (Å²) in [5.41, 5.74) is 3.16. The van der Waals surface area contributed by atoms with Crippen LogP contribution in [0.25, 0.3) is 0 Å². The largest absolute Gasteiger partial charge is 0.460 e. The lowest BCUT2D eigenvalue weighted by atomic mass is 9.72. The van der Waals surface area contributed by atoms with Gasteiger partial charge in [0.2, 0.25) is 11.7 Å². The first kappa shape index (κ1) is 28.0. The maximum Gasteiger partial charge on any atom is 0.451 e. The number of carbonyl (C=O) groups excluding carboxylic acids is 2. The van der Waals surface area contributed by atoms with Crippen LogP contribution < -0.4 is 5.32 Å². The number of pyridine rings is 1. The minimum Gasteiger partial charge on any atom is -0.460 e. The molecule has 0 aliphatic heterocycles. The number of aryl methyl sites for hydroxylation is 3. The summed E-state index contributed by atoms with van der Waals surface area (Å²) in [7, 11) is 0. The van der Waals surface area contributed by atoms with Crippen LogP contribution in [-0.2, 0) is 39.8 Å². The highest BCUT2D eigenvalue weighted by Gasteiger charge is 2.37. The number of hydrogen-bond acceptors (Lipinski definition) is 6. The average Bonchev–Trinajstić information content (AvgIpc) is 2.81. The van der Waals surface area contributed by atoms with Crippen molar-refractivity contribution in [2.24, 2.45) is 11.8 Å². The van der Waals surface area contributed by atoms with E-state index in [2.05, 4.69) is 27.4 Å². The lowest BCUT2D eigenvalue weighted by Gasteiger charge is -2.35. The average molecular weight is 533 g/mol. The summed E-state index contributed by atoms with van der Waals surface area (Å²) in [4.78, 5) is 37.1. The van der Waals surface area contributed by atoms with Gasteiger partial charge in [-0.3, -0.25) is 14.6 Å². The summed E-state index contributed by atoms with van der Waals surface area (Å²) in [6, 6.07) is 3.42. The normalized spacial score (nSPS) is 20.2. The van der Waals surface area contributed by atoms with Gasteiger partial charge in [0.05, 0.1) is 12.5 Å². The Morgan fingerprint density at radius 3 is 2.42 bits per heavy atom. The van der Waals surface area contributed by atoms with E-state index in [0.29, 0.717) is 5.92 Å². The second kappa shape index (κ2) is 11.4. The minimum absolute atomic E-state index is 0.214. The number of halogens is 3. The zero-order valence-corrected chi connectivity index (χ0v) is 22.1. The molecule has 10 heteroatoms. The van der Waals surface area contributed by atoms with Gasteiger partial charge in [-0.15, -0.1) is 0 Å². The predicted molar refractivity (Wildman–Crippen MR) is 134 cm³/mol. The molecule has 7 nitrogen and oxygen atoms in total. The van der Waals surface area contributed by atoms with E-state index >= 15 is 0 Å². The number of nitrogens with one attached hydrogen (secondary N) is 1. The molecule has 2 aliphatic carbocycles. The van der Waals surface area contributed by atoms with E-state index in [1.807, 2.05) is 0 Å². The van der Waals surface area contributed by atoms with Crippen molar-refractivity contribution in [2.75, 3.05) is 0 Å². The Labute approximate surface area is 221 Å². The van der Waals surface area contributed by atoms with E-state index in [1.165, 1.54) is 24.1 Å². The van der Waals surface area contributed by atoms with E-state index in [0.717, 1.165) is 56.6 Å². The molecule has 0 aromatic carbocycles. The maximum atomic E-state index is 13.0. The third-order valence-electron chi connectivity index (χ3n) is 7.09. The van der Waals surface area contributed by atoms with Gasteiger partial charge in [0.25, 0.3) is 0 Å². The number of rotatable bonds is 8. The zero-order chi connectivity index (χ0) is 27.5. The molecule has 0 bridgehead atoms. The molecule has 2 aromatic rings. The number of amides is 1. The smallest absolute Gasteiger partial charge is 0.451 e. The highest BCUT2D eigenvalue weighted by atomic mass is 19.4. The van der Waals surface area contributed by atoms with Crippen LogP contribution in [0.1, 0.15) is 93.7 Å². The molecule has 0 saturated heterocycles. The molecule has 1 fully saturated rings. The molecule has 1 unspecified atom stereocenters. The van der Waals surface area contributed by atoms with Gasteiger partial charge in [-0.1, -0.05) is 6.07 Å². The standard InChI is InChI=1S/C28H35F3N4O3/c1-27(2,3)38-24(36)14-23(20-15-32-26(33-16-20)28(29,30)31)35-25(37)19-12-17(13-19)8-10-21-11-9-18-6-4-5-7-22(18)34-21/h9,11,15-17,19,23H,4-8,10,12-14H2,1-3H3,(H,35,37). The van der Waals surface area contributed by atoms with Crippen molar-refractivity contribution in [1.82, 2.24) is 20.3 Å². The number of fused-ring (bicyclic) bond motifs is 1. The second-order valence-corrected chi connectivity index (χ2v) is 11.4. The van der Waals surface area contributed by atoms with Crippen molar-refractivity contribution in [2.45, 2.75) is 96.4 Å². The minimum atomic E-state index is -4.68. The molecule has 0 radical (unpaired) electrons. The molecular weight excluding hydrogens is 497 g/mol. The molecule has 0 spiro atoms. The molecule has 4 rings (SSSR count). The molecule has 1 amide bonds. The third kappa shape index (κ3) is 7.51. The van der Waals surface area contributed by atoms with Gasteiger partial charge < -0.3 is 10.1 Å². The van der Waals surface area contributed by atoms with E-state index in [-0.39, 0.29) is 23.8 Å². The second-order valence-electron chi connectivity index (χ2n) is 11.4. The molecule has 206 valence electrons. The quantitative estimate of drug-likeness (QED) is 0.463. The Balaban J connectivity index is 1.33. The number of carbonyl (C=O) groups is 2. The van der Waals surface area contributed by atoms with Crippen LogP contribution in [-0.4, -0.2) is 32.4 Å². The van der Waals surface area contributed by atoms with Crippen molar-refractivity contribution in [3.05, 3.63) is 52.9 Å². The SMILES string of the molecule is CC(C)(C)OC(=O)CC(NC(=O)C1CC(CCc2ccc3c(n2)CCCC3)C1)c1cnc(C(F)(F)F)nc1. The van der Waals surface area contributed by atoms with Gasteiger partial charge in [-0.05, 0) is 89.7 Å². The number of aromatic nitrogens is 3. The molecule has 2 heterocycles. The van der Waals surface area contributed by atoms with Crippen LogP contribution in [0.2, 0.25) is 0 Å². The topological polar surface area (TPSA) is 94.1 Å². The van der Waals surface area contributed by atoms with Crippen molar-refractivity contribution in [3.8, 4) is 0 Å². The lowest BCUT2D eigenvalue weighted by Crippen LogP contribution is -2.41. The fourth-order valence-electron chi connectivity index (χ4n) is 5.06. The van der Waals surface area contributed by atoms with Crippen LogP contribution in [0, 0.1) is 11.8 Å². The van der Waals surface area contributed by atoms with Gasteiger partial charge in [-0.25, -0.2) is 9.97 Å². The van der Waals surface area contributed by atoms with E-state index in [4.69, 9.17) is 9.72 Å². The molecule has 2 aromatic heterocycles. The summed E-state index contributed by atoms with van der Waals surface area (Å²) in [5.74, 6) is -1.90. The number of esters is 1. The van der Waals surface area contributed by atoms with Crippen LogP contribution in [0.3, 0.4) is 0 Å². The predicted octanol–water partition coefficient (Wildman–Crippen LogP) is 5.32. The Bertz CT molecular complexity index is 1140. The van der Waals surface area contributed by atoms with Crippen molar-refractivity contribution < 1.29 is 27.5 Å². The van der Waals surface area contributed by atoms with Crippen LogP contribution in [0.15, 0.2) is 24.5 Å². The van der Waals surface area contributed by atoms with Gasteiger partial charge in [-0.2, -0.15) is 13.2 Å². The molecule has 2 aliphatic rings.